The third kappa shape index (κ3) is 15.2. The molecule has 1 aromatic rings. The predicted octanol–water partition coefficient (Wildman–Crippen LogP) is 6.50. The van der Waals surface area contributed by atoms with Crippen molar-refractivity contribution in [3.63, 3.8) is 0 Å². The van der Waals surface area contributed by atoms with E-state index in [0.29, 0.717) is 5.41 Å². The van der Waals surface area contributed by atoms with Gasteiger partial charge in [0.15, 0.2) is 0 Å². The van der Waals surface area contributed by atoms with Crippen LogP contribution in [0, 0.1) is 49.4 Å². The SMILES string of the molecule is CCC(C)(C)C/C=C/CCC(C)(C)NCO.Cc1cccc(OCC2CC2)c1.[HH].[U]. The smallest absolute Gasteiger partial charge is 0.119 e. The van der Waals surface area contributed by atoms with Gasteiger partial charge in [-0.2, -0.15) is 0 Å². The Hall–Kier alpha value is -0.268. The van der Waals surface area contributed by atoms with Crippen molar-refractivity contribution in [2.24, 2.45) is 11.3 Å². The second-order valence-corrected chi connectivity index (χ2v) is 9.52. The molecule has 0 radical (unpaired) electrons. The number of hydrogen-bond donors (Lipinski definition) is 2. The second-order valence-electron chi connectivity index (χ2n) is 9.52. The van der Waals surface area contributed by atoms with Crippen LogP contribution in [0.4, 0.5) is 0 Å². The number of rotatable bonds is 11. The number of nitrogens with one attached hydrogen (secondary N) is 1. The summed E-state index contributed by atoms with van der Waals surface area (Å²) >= 11 is 0. The summed E-state index contributed by atoms with van der Waals surface area (Å²) in [6, 6.07) is 8.24. The van der Waals surface area contributed by atoms with E-state index >= 15 is 0 Å². The first-order chi connectivity index (χ1) is 13.2. The molecule has 2 N–H and O–H groups in total. The van der Waals surface area contributed by atoms with Crippen LogP contribution < -0.4 is 10.1 Å². The summed E-state index contributed by atoms with van der Waals surface area (Å²) in [6.45, 7) is 14.1. The van der Waals surface area contributed by atoms with Crippen LogP contribution in [-0.2, 0) is 0 Å². The van der Waals surface area contributed by atoms with Crippen molar-refractivity contribution in [2.45, 2.75) is 85.6 Å². The molecule has 0 atom stereocenters. The first-order valence-corrected chi connectivity index (χ1v) is 10.9. The largest absolute Gasteiger partial charge is 0.493 e. The Morgan fingerprint density at radius 3 is 2.45 bits per heavy atom. The standard InChI is InChI=1S/C14H29NO.C11H14O.U.H2/c1-6-13(2,3)10-8-7-9-11-14(4,5)15-12-16;1-9-3-2-4-11(7-9)12-8-10-5-6-10;;/h7-8,15-16H,6,9-12H2,1-5H3;2-4,7,10H,5-6,8H2,1H3;;1H/b8-7+;;;. The fraction of sp³-hybridized carbons (Fsp3) is 0.680. The molecule has 3 nitrogen and oxygen atoms in total. The maximum absolute atomic E-state index is 8.81. The van der Waals surface area contributed by atoms with E-state index in [1.54, 1.807) is 0 Å². The van der Waals surface area contributed by atoms with Crippen LogP contribution in [0.5, 0.6) is 5.75 Å². The summed E-state index contributed by atoms with van der Waals surface area (Å²) in [5.74, 6) is 1.85. The van der Waals surface area contributed by atoms with Crippen molar-refractivity contribution >= 4 is 0 Å². The molecular formula is C25H45NO2U. The Morgan fingerprint density at radius 2 is 1.90 bits per heavy atom. The predicted molar refractivity (Wildman–Crippen MR) is 123 cm³/mol. The maximum Gasteiger partial charge on any atom is 0.119 e. The summed E-state index contributed by atoms with van der Waals surface area (Å²) in [7, 11) is 0. The van der Waals surface area contributed by atoms with Crippen LogP contribution in [0.15, 0.2) is 36.4 Å². The van der Waals surface area contributed by atoms with E-state index in [9.17, 15) is 0 Å². The van der Waals surface area contributed by atoms with Gasteiger partial charge in [0.1, 0.15) is 5.75 Å². The van der Waals surface area contributed by atoms with Gasteiger partial charge in [0, 0.05) is 38.1 Å². The monoisotopic (exact) mass is 629 g/mol. The summed E-state index contributed by atoms with van der Waals surface area (Å²) in [5, 5.41) is 11.9. The fourth-order valence-corrected chi connectivity index (χ4v) is 2.61. The van der Waals surface area contributed by atoms with Gasteiger partial charge >= 0.3 is 0 Å². The molecule has 166 valence electrons. The van der Waals surface area contributed by atoms with Crippen molar-refractivity contribution in [1.29, 1.82) is 0 Å². The molecule has 0 bridgehead atoms. The van der Waals surface area contributed by atoms with Gasteiger partial charge in [0.2, 0.25) is 0 Å². The van der Waals surface area contributed by atoms with Crippen molar-refractivity contribution < 1.29 is 42.4 Å². The Morgan fingerprint density at radius 1 is 1.21 bits per heavy atom. The molecule has 0 spiro atoms. The molecule has 1 aliphatic carbocycles. The first kappa shape index (κ1) is 28.7. The number of ether oxygens (including phenoxy) is 1. The first-order valence-electron chi connectivity index (χ1n) is 10.9. The Labute approximate surface area is 204 Å². The molecule has 0 amide bonds. The average molecular weight is 630 g/mol. The molecule has 0 aromatic heterocycles. The minimum Gasteiger partial charge on any atom is -0.493 e. The number of aryl methyl sites for hydroxylation is 1. The van der Waals surface area contributed by atoms with E-state index in [0.717, 1.165) is 37.5 Å². The number of aliphatic hydroxyl groups is 1. The third-order valence-electron chi connectivity index (χ3n) is 5.46. The van der Waals surface area contributed by atoms with Gasteiger partial charge in [-0.05, 0) is 81.9 Å². The summed E-state index contributed by atoms with van der Waals surface area (Å²) in [6.07, 6.45) is 11.7. The zero-order valence-electron chi connectivity index (χ0n) is 19.6. The minimum absolute atomic E-state index is 0. The Bertz CT molecular complexity index is 586. The fourth-order valence-electron chi connectivity index (χ4n) is 2.61. The summed E-state index contributed by atoms with van der Waals surface area (Å²) in [4.78, 5) is 0. The van der Waals surface area contributed by atoms with E-state index in [1.807, 2.05) is 12.1 Å². The van der Waals surface area contributed by atoms with Gasteiger partial charge in [-0.25, -0.2) is 0 Å². The van der Waals surface area contributed by atoms with E-state index in [4.69, 9.17) is 9.84 Å². The zero-order chi connectivity index (χ0) is 21.0. The number of benzene rings is 1. The normalized spacial score (nSPS) is 14.2. The summed E-state index contributed by atoms with van der Waals surface area (Å²) in [5.41, 5.74) is 1.72. The molecule has 0 saturated heterocycles. The van der Waals surface area contributed by atoms with Crippen LogP contribution in [0.2, 0.25) is 0 Å². The van der Waals surface area contributed by atoms with E-state index < -0.39 is 0 Å². The topological polar surface area (TPSA) is 41.5 Å². The molecular weight excluding hydrogens is 584 g/mol. The van der Waals surface area contributed by atoms with E-state index in [-0.39, 0.29) is 44.8 Å². The number of aliphatic hydroxyl groups excluding tert-OH is 1. The molecule has 2 rings (SSSR count). The molecule has 1 saturated carbocycles. The van der Waals surface area contributed by atoms with Crippen LogP contribution in [0.3, 0.4) is 0 Å². The van der Waals surface area contributed by atoms with E-state index in [2.05, 4.69) is 71.1 Å². The number of hydrogen-bond acceptors (Lipinski definition) is 3. The van der Waals surface area contributed by atoms with Gasteiger partial charge in [0.05, 0.1) is 13.3 Å². The van der Waals surface area contributed by atoms with Crippen LogP contribution >= 0.6 is 0 Å². The van der Waals surface area contributed by atoms with Crippen molar-refractivity contribution in [2.75, 3.05) is 13.3 Å². The molecule has 4 heteroatoms. The molecule has 29 heavy (non-hydrogen) atoms. The van der Waals surface area contributed by atoms with Crippen molar-refractivity contribution in [3.05, 3.63) is 42.0 Å². The van der Waals surface area contributed by atoms with Gasteiger partial charge in [-0.3, -0.25) is 5.32 Å². The van der Waals surface area contributed by atoms with Gasteiger partial charge < -0.3 is 9.84 Å². The van der Waals surface area contributed by atoms with Crippen LogP contribution in [-0.4, -0.2) is 24.0 Å². The third-order valence-corrected chi connectivity index (χ3v) is 5.46. The molecule has 0 aliphatic heterocycles. The second kappa shape index (κ2) is 14.7. The molecule has 0 heterocycles. The van der Waals surface area contributed by atoms with Gasteiger partial charge in [-0.15, -0.1) is 0 Å². The van der Waals surface area contributed by atoms with Gasteiger partial charge in [0.25, 0.3) is 0 Å². The van der Waals surface area contributed by atoms with Crippen molar-refractivity contribution in [1.82, 2.24) is 5.32 Å². The molecule has 1 fully saturated rings. The van der Waals surface area contributed by atoms with Gasteiger partial charge in [-0.1, -0.05) is 51.5 Å². The maximum atomic E-state index is 8.81. The Balaban J connectivity index is 0. The summed E-state index contributed by atoms with van der Waals surface area (Å²) < 4.78 is 5.61. The van der Waals surface area contributed by atoms with Crippen LogP contribution in [0.25, 0.3) is 0 Å². The number of allylic oxidation sites excluding steroid dienone is 2. The minimum atomic E-state index is 0. The quantitative estimate of drug-likeness (QED) is 0.217. The Kier molecular flexibility index (Phi) is 14.6. The molecule has 0 unspecified atom stereocenters. The zero-order valence-corrected chi connectivity index (χ0v) is 23.7. The van der Waals surface area contributed by atoms with E-state index in [1.165, 1.54) is 24.8 Å². The molecule has 1 aliphatic rings. The van der Waals surface area contributed by atoms with Crippen LogP contribution in [0.1, 0.15) is 80.1 Å². The average Bonchev–Trinajstić information content (AvgIpc) is 3.44. The van der Waals surface area contributed by atoms with Crippen molar-refractivity contribution in [3.8, 4) is 5.75 Å². The molecule has 1 aromatic carbocycles.